The van der Waals surface area contributed by atoms with E-state index < -0.39 is 0 Å². The van der Waals surface area contributed by atoms with E-state index in [2.05, 4.69) is 22.4 Å². The molecule has 6 heteroatoms. The van der Waals surface area contributed by atoms with Crippen LogP contribution in [0.25, 0.3) is 0 Å². The number of likely N-dealkylation sites (tertiary alicyclic amines) is 1. The van der Waals surface area contributed by atoms with Crippen LogP contribution >= 0.6 is 11.3 Å². The lowest BCUT2D eigenvalue weighted by Crippen LogP contribution is -2.23. The first-order valence-corrected chi connectivity index (χ1v) is 10.3. The molecule has 0 amide bonds. The monoisotopic (exact) mass is 398 g/mol. The van der Waals surface area contributed by atoms with E-state index in [1.165, 1.54) is 24.1 Å². The third-order valence-electron chi connectivity index (χ3n) is 5.00. The van der Waals surface area contributed by atoms with Crippen LogP contribution in [-0.2, 0) is 13.2 Å². The zero-order valence-corrected chi connectivity index (χ0v) is 16.6. The van der Waals surface area contributed by atoms with Crippen molar-refractivity contribution in [1.82, 2.24) is 9.88 Å². The van der Waals surface area contributed by atoms with E-state index in [0.717, 1.165) is 36.0 Å². The van der Waals surface area contributed by atoms with Crippen molar-refractivity contribution in [3.63, 3.8) is 0 Å². The molecule has 1 aromatic heterocycles. The molecule has 1 aliphatic rings. The molecule has 0 N–H and O–H groups in total. The zero-order valence-electron chi connectivity index (χ0n) is 15.8. The summed E-state index contributed by atoms with van der Waals surface area (Å²) in [7, 11) is 1.69. The molecule has 1 atom stereocenters. The Labute approximate surface area is 168 Å². The van der Waals surface area contributed by atoms with Gasteiger partial charge in [-0.25, -0.2) is 9.37 Å². The summed E-state index contributed by atoms with van der Waals surface area (Å²) in [4.78, 5) is 7.21. The molecule has 0 unspecified atom stereocenters. The van der Waals surface area contributed by atoms with E-state index in [0.29, 0.717) is 18.4 Å². The summed E-state index contributed by atoms with van der Waals surface area (Å²) < 4.78 is 23.9. The Bertz CT molecular complexity index is 896. The summed E-state index contributed by atoms with van der Waals surface area (Å²) in [6.45, 7) is 2.32. The number of rotatable bonds is 7. The van der Waals surface area contributed by atoms with Crippen molar-refractivity contribution in [1.29, 1.82) is 0 Å². The van der Waals surface area contributed by atoms with Crippen LogP contribution in [0.5, 0.6) is 11.5 Å². The zero-order chi connectivity index (χ0) is 19.3. The van der Waals surface area contributed by atoms with E-state index in [1.54, 1.807) is 30.6 Å². The van der Waals surface area contributed by atoms with Crippen LogP contribution in [-0.4, -0.2) is 23.5 Å². The van der Waals surface area contributed by atoms with Gasteiger partial charge in [-0.2, -0.15) is 0 Å². The molecule has 0 spiro atoms. The van der Waals surface area contributed by atoms with Gasteiger partial charge in [-0.3, -0.25) is 4.90 Å². The molecule has 1 aliphatic heterocycles. The highest BCUT2D eigenvalue weighted by Crippen LogP contribution is 2.34. The maximum absolute atomic E-state index is 13.0. The molecular weight excluding hydrogens is 375 g/mol. The largest absolute Gasteiger partial charge is 0.497 e. The van der Waals surface area contributed by atoms with Crippen molar-refractivity contribution in [3.05, 3.63) is 76.0 Å². The molecule has 2 heterocycles. The molecule has 0 saturated carbocycles. The molecule has 1 saturated heterocycles. The van der Waals surface area contributed by atoms with E-state index in [1.807, 2.05) is 12.1 Å². The summed E-state index contributed by atoms with van der Waals surface area (Å²) in [5.41, 5.74) is 2.40. The molecule has 28 heavy (non-hydrogen) atoms. The van der Waals surface area contributed by atoms with Gasteiger partial charge in [0, 0.05) is 18.0 Å². The second-order valence-corrected chi connectivity index (χ2v) is 7.82. The fourth-order valence-corrected chi connectivity index (χ4v) is 4.29. The molecule has 4 nitrogen and oxygen atoms in total. The Morgan fingerprint density at radius 3 is 2.61 bits per heavy atom. The normalized spacial score (nSPS) is 17.0. The minimum Gasteiger partial charge on any atom is -0.497 e. The van der Waals surface area contributed by atoms with Crippen LogP contribution in [0.2, 0.25) is 0 Å². The standard InChI is InChI=1S/C22H23FN2O2S/c1-26-19-8-4-16(5-9-19)21-3-2-12-25(21)13-18-15-28-22(24-18)14-27-20-10-6-17(23)7-11-20/h4-11,15,21H,2-3,12-14H2,1H3/t21-/m1/s1. The van der Waals surface area contributed by atoms with Crippen LogP contribution in [0.4, 0.5) is 4.39 Å². The number of hydrogen-bond donors (Lipinski definition) is 0. The van der Waals surface area contributed by atoms with E-state index >= 15 is 0 Å². The first-order valence-electron chi connectivity index (χ1n) is 9.41. The predicted octanol–water partition coefficient (Wildman–Crippen LogP) is 5.21. The number of hydrogen-bond acceptors (Lipinski definition) is 5. The molecule has 0 radical (unpaired) electrons. The maximum atomic E-state index is 13.0. The Morgan fingerprint density at radius 1 is 1.11 bits per heavy atom. The van der Waals surface area contributed by atoms with Gasteiger partial charge >= 0.3 is 0 Å². The fraction of sp³-hybridized carbons (Fsp3) is 0.318. The lowest BCUT2D eigenvalue weighted by molar-refractivity contribution is 0.245. The minimum absolute atomic E-state index is 0.263. The van der Waals surface area contributed by atoms with Crippen molar-refractivity contribution in [2.24, 2.45) is 0 Å². The van der Waals surface area contributed by atoms with Crippen molar-refractivity contribution in [2.45, 2.75) is 32.0 Å². The van der Waals surface area contributed by atoms with Crippen LogP contribution < -0.4 is 9.47 Å². The topological polar surface area (TPSA) is 34.6 Å². The average Bonchev–Trinajstić information content (AvgIpc) is 3.37. The van der Waals surface area contributed by atoms with Gasteiger partial charge in [0.15, 0.2) is 0 Å². The van der Waals surface area contributed by atoms with Crippen LogP contribution in [0.15, 0.2) is 53.9 Å². The molecule has 2 aromatic carbocycles. The Morgan fingerprint density at radius 2 is 1.86 bits per heavy atom. The van der Waals surface area contributed by atoms with Crippen molar-refractivity contribution >= 4 is 11.3 Å². The smallest absolute Gasteiger partial charge is 0.140 e. The molecule has 0 bridgehead atoms. The molecule has 1 fully saturated rings. The highest BCUT2D eigenvalue weighted by atomic mass is 32.1. The van der Waals surface area contributed by atoms with Crippen molar-refractivity contribution in [2.75, 3.05) is 13.7 Å². The van der Waals surface area contributed by atoms with Gasteiger partial charge < -0.3 is 9.47 Å². The van der Waals surface area contributed by atoms with E-state index in [4.69, 9.17) is 14.5 Å². The van der Waals surface area contributed by atoms with Gasteiger partial charge in [0.05, 0.1) is 12.8 Å². The summed E-state index contributed by atoms with van der Waals surface area (Å²) in [6, 6.07) is 14.9. The lowest BCUT2D eigenvalue weighted by Gasteiger charge is -2.24. The highest BCUT2D eigenvalue weighted by molar-refractivity contribution is 7.09. The summed E-state index contributed by atoms with van der Waals surface area (Å²) >= 11 is 1.60. The van der Waals surface area contributed by atoms with Gasteiger partial charge in [0.2, 0.25) is 0 Å². The Hall–Kier alpha value is -2.44. The molecular formula is C22H23FN2O2S. The number of ether oxygens (including phenoxy) is 2. The molecule has 146 valence electrons. The molecule has 3 aromatic rings. The highest BCUT2D eigenvalue weighted by Gasteiger charge is 2.26. The lowest BCUT2D eigenvalue weighted by atomic mass is 10.0. The van der Waals surface area contributed by atoms with Crippen LogP contribution in [0, 0.1) is 5.82 Å². The summed E-state index contributed by atoms with van der Waals surface area (Å²) in [6.07, 6.45) is 2.36. The van der Waals surface area contributed by atoms with Crippen LogP contribution in [0.1, 0.15) is 35.1 Å². The quantitative estimate of drug-likeness (QED) is 0.547. The SMILES string of the molecule is COc1ccc([C@H]2CCCN2Cc2csc(COc3ccc(F)cc3)n2)cc1. The van der Waals surface area contributed by atoms with Crippen LogP contribution in [0.3, 0.4) is 0 Å². The second kappa shape index (κ2) is 8.71. The van der Waals surface area contributed by atoms with Gasteiger partial charge in [-0.15, -0.1) is 11.3 Å². The first-order chi connectivity index (χ1) is 13.7. The third kappa shape index (κ3) is 4.51. The minimum atomic E-state index is -0.263. The molecule has 0 aliphatic carbocycles. The summed E-state index contributed by atoms with van der Waals surface area (Å²) in [5.74, 6) is 1.27. The van der Waals surface area contributed by atoms with Crippen molar-refractivity contribution < 1.29 is 13.9 Å². The number of benzene rings is 2. The number of nitrogens with zero attached hydrogens (tertiary/aromatic N) is 2. The maximum Gasteiger partial charge on any atom is 0.140 e. The van der Waals surface area contributed by atoms with E-state index in [-0.39, 0.29) is 5.82 Å². The van der Waals surface area contributed by atoms with Gasteiger partial charge in [-0.1, -0.05) is 12.1 Å². The van der Waals surface area contributed by atoms with E-state index in [9.17, 15) is 4.39 Å². The van der Waals surface area contributed by atoms with Gasteiger partial charge in [0.25, 0.3) is 0 Å². The van der Waals surface area contributed by atoms with Gasteiger partial charge in [-0.05, 0) is 61.3 Å². The average molecular weight is 399 g/mol. The number of methoxy groups -OCH3 is 1. The summed E-state index contributed by atoms with van der Waals surface area (Å²) in [5, 5.41) is 3.03. The van der Waals surface area contributed by atoms with Gasteiger partial charge in [0.1, 0.15) is 28.9 Å². The second-order valence-electron chi connectivity index (χ2n) is 6.88. The fourth-order valence-electron chi connectivity index (χ4n) is 3.59. The predicted molar refractivity (Wildman–Crippen MR) is 108 cm³/mol. The third-order valence-corrected chi connectivity index (χ3v) is 5.88. The number of halogens is 1. The Balaban J connectivity index is 1.36. The molecule has 4 rings (SSSR count). The first kappa shape index (κ1) is 18.9. The van der Waals surface area contributed by atoms with Crippen molar-refractivity contribution in [3.8, 4) is 11.5 Å². The number of thiazole rings is 1. The Kier molecular flexibility index (Phi) is 5.88. The number of aromatic nitrogens is 1.